The van der Waals surface area contributed by atoms with E-state index in [-0.39, 0.29) is 11.7 Å². The zero-order valence-corrected chi connectivity index (χ0v) is 11.7. The fourth-order valence-corrected chi connectivity index (χ4v) is 2.27. The molecule has 0 atom stereocenters. The number of alkyl halides is 1. The van der Waals surface area contributed by atoms with Crippen LogP contribution in [0.4, 0.5) is 4.39 Å². The summed E-state index contributed by atoms with van der Waals surface area (Å²) in [6, 6.07) is 4.65. The highest BCUT2D eigenvalue weighted by atomic mass is 79.9. The summed E-state index contributed by atoms with van der Waals surface area (Å²) in [6.45, 7) is 0.650. The fourth-order valence-electron chi connectivity index (χ4n) is 1.89. The van der Waals surface area contributed by atoms with Crippen LogP contribution in [0.2, 0.25) is 0 Å². The summed E-state index contributed by atoms with van der Waals surface area (Å²) in [5.41, 5.74) is 0.376. The van der Waals surface area contributed by atoms with Crippen molar-refractivity contribution in [2.45, 2.75) is 18.9 Å². The largest absolute Gasteiger partial charge is 0.494 e. The van der Waals surface area contributed by atoms with Gasteiger partial charge in [0.1, 0.15) is 0 Å². The Bertz CT molecular complexity index is 449. The van der Waals surface area contributed by atoms with Crippen LogP contribution in [0, 0.1) is 5.82 Å². The van der Waals surface area contributed by atoms with Crippen molar-refractivity contribution < 1.29 is 13.9 Å². The molecule has 5 heteroatoms. The van der Waals surface area contributed by atoms with E-state index >= 15 is 0 Å². The number of carbonyl (C=O) groups is 1. The van der Waals surface area contributed by atoms with Crippen LogP contribution in [0.15, 0.2) is 18.2 Å². The molecule has 0 bridgehead atoms. The molecule has 0 N–H and O–H groups in total. The highest BCUT2D eigenvalue weighted by molar-refractivity contribution is 9.09. The standard InChI is InChI=1S/C13H15BrFNO2/c1-18-12-5-2-9(8-11(12)15)13(17)16(7-6-14)10-3-4-10/h2,5,8,10H,3-4,6-7H2,1H3. The molecule has 1 aromatic rings. The maximum Gasteiger partial charge on any atom is 0.254 e. The Morgan fingerprint density at radius 3 is 2.78 bits per heavy atom. The first kappa shape index (κ1) is 13.3. The number of rotatable bonds is 5. The number of amides is 1. The van der Waals surface area contributed by atoms with E-state index in [0.717, 1.165) is 18.2 Å². The van der Waals surface area contributed by atoms with Crippen molar-refractivity contribution in [1.29, 1.82) is 0 Å². The number of hydrogen-bond donors (Lipinski definition) is 0. The molecule has 0 spiro atoms. The number of ether oxygens (including phenoxy) is 1. The van der Waals surface area contributed by atoms with Gasteiger partial charge in [0.2, 0.25) is 0 Å². The zero-order chi connectivity index (χ0) is 13.1. The van der Waals surface area contributed by atoms with Crippen LogP contribution in [0.25, 0.3) is 0 Å². The molecule has 0 heterocycles. The van der Waals surface area contributed by atoms with Gasteiger partial charge in [-0.2, -0.15) is 0 Å². The SMILES string of the molecule is COc1ccc(C(=O)N(CCBr)C2CC2)cc1F. The van der Waals surface area contributed by atoms with Crippen LogP contribution in [0.5, 0.6) is 5.75 Å². The minimum absolute atomic E-state index is 0.112. The molecule has 1 aliphatic rings. The molecule has 98 valence electrons. The Hall–Kier alpha value is -1.10. The van der Waals surface area contributed by atoms with Gasteiger partial charge in [-0.25, -0.2) is 4.39 Å². The van der Waals surface area contributed by atoms with Gasteiger partial charge in [-0.3, -0.25) is 4.79 Å². The summed E-state index contributed by atoms with van der Waals surface area (Å²) in [7, 11) is 1.40. The van der Waals surface area contributed by atoms with Crippen LogP contribution < -0.4 is 4.74 Å². The van der Waals surface area contributed by atoms with Crippen LogP contribution in [0.3, 0.4) is 0 Å². The van der Waals surface area contributed by atoms with E-state index in [9.17, 15) is 9.18 Å². The molecule has 1 saturated carbocycles. The van der Waals surface area contributed by atoms with Crippen LogP contribution in [-0.4, -0.2) is 35.8 Å². The molecule has 0 unspecified atom stereocenters. The van der Waals surface area contributed by atoms with Gasteiger partial charge in [0, 0.05) is 23.5 Å². The maximum atomic E-state index is 13.6. The summed E-state index contributed by atoms with van der Waals surface area (Å²) in [5.74, 6) is -0.457. The minimum atomic E-state index is -0.502. The summed E-state index contributed by atoms with van der Waals surface area (Å²) in [4.78, 5) is 14.1. The van der Waals surface area contributed by atoms with Gasteiger partial charge in [-0.1, -0.05) is 15.9 Å². The lowest BCUT2D eigenvalue weighted by Gasteiger charge is -2.21. The summed E-state index contributed by atoms with van der Waals surface area (Å²) < 4.78 is 18.4. The van der Waals surface area contributed by atoms with E-state index in [0.29, 0.717) is 18.2 Å². The normalized spacial score (nSPS) is 14.4. The van der Waals surface area contributed by atoms with Crippen molar-refractivity contribution in [2.75, 3.05) is 19.0 Å². The van der Waals surface area contributed by atoms with Crippen LogP contribution in [-0.2, 0) is 0 Å². The van der Waals surface area contributed by atoms with Crippen molar-refractivity contribution >= 4 is 21.8 Å². The highest BCUT2D eigenvalue weighted by Crippen LogP contribution is 2.29. The number of halogens is 2. The van der Waals surface area contributed by atoms with Gasteiger partial charge in [-0.15, -0.1) is 0 Å². The smallest absolute Gasteiger partial charge is 0.254 e. The third-order valence-electron chi connectivity index (χ3n) is 2.97. The molecule has 1 amide bonds. The van der Waals surface area contributed by atoms with E-state index < -0.39 is 5.82 Å². The Morgan fingerprint density at radius 2 is 2.28 bits per heavy atom. The van der Waals surface area contributed by atoms with Crippen LogP contribution in [0.1, 0.15) is 23.2 Å². The molecule has 0 aromatic heterocycles. The van der Waals surface area contributed by atoms with Crippen molar-refractivity contribution in [3.05, 3.63) is 29.6 Å². The van der Waals surface area contributed by atoms with Gasteiger partial charge in [0.05, 0.1) is 7.11 Å². The van der Waals surface area contributed by atoms with E-state index in [1.807, 2.05) is 0 Å². The molecule has 0 saturated heterocycles. The first-order chi connectivity index (χ1) is 8.67. The molecule has 0 aliphatic heterocycles. The minimum Gasteiger partial charge on any atom is -0.494 e. The molecule has 3 nitrogen and oxygen atoms in total. The Labute approximate surface area is 114 Å². The summed E-state index contributed by atoms with van der Waals surface area (Å²) in [5, 5.41) is 0.730. The predicted molar refractivity (Wildman–Crippen MR) is 70.8 cm³/mol. The van der Waals surface area contributed by atoms with Gasteiger partial charge < -0.3 is 9.64 Å². The third-order valence-corrected chi connectivity index (χ3v) is 3.33. The summed E-state index contributed by atoms with van der Waals surface area (Å²) in [6.07, 6.45) is 2.08. The van der Waals surface area contributed by atoms with E-state index in [1.165, 1.54) is 19.2 Å². The summed E-state index contributed by atoms with van der Waals surface area (Å²) >= 11 is 3.34. The van der Waals surface area contributed by atoms with Gasteiger partial charge in [0.15, 0.2) is 11.6 Å². The third kappa shape index (κ3) is 2.83. The molecule has 1 aliphatic carbocycles. The molecule has 0 radical (unpaired) electrons. The lowest BCUT2D eigenvalue weighted by Crippen LogP contribution is -2.34. The molecule has 1 fully saturated rings. The first-order valence-electron chi connectivity index (χ1n) is 5.88. The average Bonchev–Trinajstić information content (AvgIpc) is 3.19. The lowest BCUT2D eigenvalue weighted by molar-refractivity contribution is 0.0754. The molecular formula is C13H15BrFNO2. The van der Waals surface area contributed by atoms with Gasteiger partial charge in [-0.05, 0) is 31.0 Å². The van der Waals surface area contributed by atoms with E-state index in [4.69, 9.17) is 4.74 Å². The molecule has 2 rings (SSSR count). The van der Waals surface area contributed by atoms with Gasteiger partial charge in [0.25, 0.3) is 5.91 Å². The van der Waals surface area contributed by atoms with Crippen molar-refractivity contribution in [2.24, 2.45) is 0 Å². The Balaban J connectivity index is 2.18. The highest BCUT2D eigenvalue weighted by Gasteiger charge is 2.32. The molecular weight excluding hydrogens is 301 g/mol. The first-order valence-corrected chi connectivity index (χ1v) is 7.00. The van der Waals surface area contributed by atoms with Crippen molar-refractivity contribution in [3.63, 3.8) is 0 Å². The number of methoxy groups -OCH3 is 1. The lowest BCUT2D eigenvalue weighted by atomic mass is 10.1. The fraction of sp³-hybridized carbons (Fsp3) is 0.462. The van der Waals surface area contributed by atoms with E-state index in [2.05, 4.69) is 15.9 Å². The van der Waals surface area contributed by atoms with Crippen molar-refractivity contribution in [3.8, 4) is 5.75 Å². The number of carbonyl (C=O) groups excluding carboxylic acids is 1. The maximum absolute atomic E-state index is 13.6. The topological polar surface area (TPSA) is 29.5 Å². The average molecular weight is 316 g/mol. The zero-order valence-electron chi connectivity index (χ0n) is 10.2. The monoisotopic (exact) mass is 315 g/mol. The number of hydrogen-bond acceptors (Lipinski definition) is 2. The number of benzene rings is 1. The van der Waals surface area contributed by atoms with Gasteiger partial charge >= 0.3 is 0 Å². The number of nitrogens with zero attached hydrogens (tertiary/aromatic N) is 1. The second kappa shape index (κ2) is 5.69. The quantitative estimate of drug-likeness (QED) is 0.782. The second-order valence-electron chi connectivity index (χ2n) is 4.27. The predicted octanol–water partition coefficient (Wildman–Crippen LogP) is 2.83. The van der Waals surface area contributed by atoms with E-state index in [1.54, 1.807) is 11.0 Å². The van der Waals surface area contributed by atoms with Crippen molar-refractivity contribution in [1.82, 2.24) is 4.90 Å². The Morgan fingerprint density at radius 1 is 1.56 bits per heavy atom. The Kier molecular flexibility index (Phi) is 4.22. The second-order valence-corrected chi connectivity index (χ2v) is 5.06. The molecule has 18 heavy (non-hydrogen) atoms. The van der Waals surface area contributed by atoms with Crippen LogP contribution >= 0.6 is 15.9 Å². The molecule has 1 aromatic carbocycles.